The number of rotatable bonds is 2. The second kappa shape index (κ2) is 5.01. The molecule has 0 N–H and O–H groups in total. The van der Waals surface area contributed by atoms with Gasteiger partial charge in [0.25, 0.3) is 0 Å². The Balaban J connectivity index is 2.12. The summed E-state index contributed by atoms with van der Waals surface area (Å²) in [5.41, 5.74) is 1.33. The van der Waals surface area contributed by atoms with E-state index in [-0.39, 0.29) is 5.92 Å². The molecule has 2 nitrogen and oxygen atoms in total. The molecule has 2 rings (SSSR count). The maximum absolute atomic E-state index is 11.8. The van der Waals surface area contributed by atoms with E-state index >= 15 is 0 Å². The van der Waals surface area contributed by atoms with E-state index in [2.05, 4.69) is 49.9 Å². The number of Topliss-reactive ketones (excluding diaryl/α,β-unsaturated/α-hetero) is 1. The van der Waals surface area contributed by atoms with Crippen LogP contribution >= 0.6 is 0 Å². The zero-order valence-electron chi connectivity index (χ0n) is 10.9. The molecule has 1 saturated heterocycles. The van der Waals surface area contributed by atoms with Crippen molar-refractivity contribution < 1.29 is 4.79 Å². The molecule has 17 heavy (non-hydrogen) atoms. The lowest BCUT2D eigenvalue weighted by atomic mass is 9.86. The van der Waals surface area contributed by atoms with Crippen molar-refractivity contribution in [1.29, 1.82) is 0 Å². The zero-order valence-corrected chi connectivity index (χ0v) is 10.9. The number of benzene rings is 1. The zero-order chi connectivity index (χ0) is 12.4. The summed E-state index contributed by atoms with van der Waals surface area (Å²) < 4.78 is 0. The highest BCUT2D eigenvalue weighted by Gasteiger charge is 2.35. The number of hydrogen-bond donors (Lipinski definition) is 0. The van der Waals surface area contributed by atoms with Crippen LogP contribution in [0.25, 0.3) is 0 Å². The van der Waals surface area contributed by atoms with Crippen LogP contribution in [0.15, 0.2) is 30.3 Å². The Morgan fingerprint density at radius 3 is 2.47 bits per heavy atom. The third kappa shape index (κ3) is 2.58. The Bertz CT molecular complexity index is 387. The van der Waals surface area contributed by atoms with E-state index in [0.29, 0.717) is 24.3 Å². The SMILES string of the molecule is C[C@H]1C(=O)C[C@H](C)N(Cc2ccccc2)[C@H]1C. The molecule has 0 amide bonds. The van der Waals surface area contributed by atoms with Gasteiger partial charge in [-0.05, 0) is 19.4 Å². The Hall–Kier alpha value is -1.15. The van der Waals surface area contributed by atoms with E-state index in [1.54, 1.807) is 0 Å². The number of carbonyl (C=O) groups is 1. The maximum Gasteiger partial charge on any atom is 0.138 e. The molecule has 2 heteroatoms. The first-order chi connectivity index (χ1) is 8.09. The standard InChI is InChI=1S/C15H21NO/c1-11-9-15(17)12(2)13(3)16(11)10-14-7-5-4-6-8-14/h4-8,11-13H,9-10H2,1-3H3/t11-,12+,13-/m0/s1. The van der Waals surface area contributed by atoms with Gasteiger partial charge in [0.05, 0.1) is 0 Å². The van der Waals surface area contributed by atoms with Gasteiger partial charge in [0.15, 0.2) is 0 Å². The molecule has 92 valence electrons. The van der Waals surface area contributed by atoms with Gasteiger partial charge >= 0.3 is 0 Å². The van der Waals surface area contributed by atoms with Crippen LogP contribution in [0.4, 0.5) is 0 Å². The second-order valence-electron chi connectivity index (χ2n) is 5.21. The van der Waals surface area contributed by atoms with Gasteiger partial charge in [0, 0.05) is 31.0 Å². The molecule has 1 fully saturated rings. The van der Waals surface area contributed by atoms with Crippen molar-refractivity contribution in [2.75, 3.05) is 0 Å². The average molecular weight is 231 g/mol. The Morgan fingerprint density at radius 2 is 1.82 bits per heavy atom. The van der Waals surface area contributed by atoms with Crippen LogP contribution in [-0.2, 0) is 11.3 Å². The summed E-state index contributed by atoms with van der Waals surface area (Å²) in [6, 6.07) is 11.2. The van der Waals surface area contributed by atoms with E-state index in [1.165, 1.54) is 5.56 Å². The first kappa shape index (κ1) is 12.3. The smallest absolute Gasteiger partial charge is 0.138 e. The molecular weight excluding hydrogens is 210 g/mol. The number of piperidine rings is 1. The molecule has 1 aliphatic heterocycles. The van der Waals surface area contributed by atoms with Crippen LogP contribution in [0.3, 0.4) is 0 Å². The van der Waals surface area contributed by atoms with Crippen molar-refractivity contribution in [1.82, 2.24) is 4.90 Å². The third-order valence-corrected chi connectivity index (χ3v) is 4.03. The largest absolute Gasteiger partial charge is 0.299 e. The number of nitrogens with zero attached hydrogens (tertiary/aromatic N) is 1. The number of hydrogen-bond acceptors (Lipinski definition) is 2. The average Bonchev–Trinajstić information content (AvgIpc) is 2.33. The monoisotopic (exact) mass is 231 g/mol. The van der Waals surface area contributed by atoms with Crippen LogP contribution in [0.5, 0.6) is 0 Å². The van der Waals surface area contributed by atoms with Gasteiger partial charge in [0.2, 0.25) is 0 Å². The van der Waals surface area contributed by atoms with Crippen molar-refractivity contribution in [3.8, 4) is 0 Å². The molecule has 3 atom stereocenters. The van der Waals surface area contributed by atoms with E-state index in [0.717, 1.165) is 6.54 Å². The molecule has 1 aromatic carbocycles. The quantitative estimate of drug-likeness (QED) is 0.780. The first-order valence-corrected chi connectivity index (χ1v) is 6.42. The topological polar surface area (TPSA) is 20.3 Å². The number of carbonyl (C=O) groups excluding carboxylic acids is 1. The molecule has 0 bridgehead atoms. The summed E-state index contributed by atoms with van der Waals surface area (Å²) in [5, 5.41) is 0. The second-order valence-corrected chi connectivity index (χ2v) is 5.21. The van der Waals surface area contributed by atoms with E-state index in [4.69, 9.17) is 0 Å². The van der Waals surface area contributed by atoms with Crippen molar-refractivity contribution in [3.05, 3.63) is 35.9 Å². The molecule has 1 aliphatic rings. The highest BCUT2D eigenvalue weighted by Crippen LogP contribution is 2.26. The van der Waals surface area contributed by atoms with Gasteiger partial charge in [-0.3, -0.25) is 9.69 Å². The minimum Gasteiger partial charge on any atom is -0.299 e. The molecule has 1 aromatic rings. The molecule has 0 spiro atoms. The molecule has 0 aliphatic carbocycles. The van der Waals surface area contributed by atoms with Gasteiger partial charge in [-0.25, -0.2) is 0 Å². The van der Waals surface area contributed by atoms with Crippen molar-refractivity contribution >= 4 is 5.78 Å². The predicted octanol–water partition coefficient (Wildman–Crippen LogP) is 2.87. The van der Waals surface area contributed by atoms with Crippen molar-refractivity contribution in [3.63, 3.8) is 0 Å². The molecule has 0 saturated carbocycles. The molecule has 1 heterocycles. The van der Waals surface area contributed by atoms with Crippen LogP contribution < -0.4 is 0 Å². The van der Waals surface area contributed by atoms with Crippen LogP contribution in [0, 0.1) is 5.92 Å². The first-order valence-electron chi connectivity index (χ1n) is 6.42. The summed E-state index contributed by atoms with van der Waals surface area (Å²) in [7, 11) is 0. The Kier molecular flexibility index (Phi) is 3.63. The van der Waals surface area contributed by atoms with Gasteiger partial charge in [-0.1, -0.05) is 37.3 Å². The summed E-state index contributed by atoms with van der Waals surface area (Å²) >= 11 is 0. The van der Waals surface area contributed by atoms with Gasteiger partial charge < -0.3 is 0 Å². The van der Waals surface area contributed by atoms with Crippen molar-refractivity contribution in [2.45, 2.75) is 45.8 Å². The molecular formula is C15H21NO. The van der Waals surface area contributed by atoms with Crippen molar-refractivity contribution in [2.24, 2.45) is 5.92 Å². The predicted molar refractivity (Wildman–Crippen MR) is 69.7 cm³/mol. The summed E-state index contributed by atoms with van der Waals surface area (Å²) in [5.74, 6) is 0.573. The lowest BCUT2D eigenvalue weighted by Crippen LogP contribution is -2.51. The lowest BCUT2D eigenvalue weighted by Gasteiger charge is -2.41. The van der Waals surface area contributed by atoms with Crippen LogP contribution in [0.2, 0.25) is 0 Å². The fraction of sp³-hybridized carbons (Fsp3) is 0.533. The van der Waals surface area contributed by atoms with E-state index in [1.807, 2.05) is 6.07 Å². The van der Waals surface area contributed by atoms with Crippen LogP contribution in [-0.4, -0.2) is 22.8 Å². The molecule has 0 aromatic heterocycles. The summed E-state index contributed by atoms with van der Waals surface area (Å²) in [6.07, 6.45) is 0.693. The van der Waals surface area contributed by atoms with Crippen LogP contribution in [0.1, 0.15) is 32.8 Å². The van der Waals surface area contributed by atoms with Gasteiger partial charge in [0.1, 0.15) is 5.78 Å². The molecule has 0 radical (unpaired) electrons. The maximum atomic E-state index is 11.8. The fourth-order valence-electron chi connectivity index (χ4n) is 2.65. The Labute approximate surface area is 104 Å². The van der Waals surface area contributed by atoms with E-state index < -0.39 is 0 Å². The van der Waals surface area contributed by atoms with Gasteiger partial charge in [-0.2, -0.15) is 0 Å². The summed E-state index contributed by atoms with van der Waals surface area (Å²) in [6.45, 7) is 7.32. The highest BCUT2D eigenvalue weighted by atomic mass is 16.1. The van der Waals surface area contributed by atoms with E-state index in [9.17, 15) is 4.79 Å². The lowest BCUT2D eigenvalue weighted by molar-refractivity contribution is -0.130. The number of ketones is 1. The minimum absolute atomic E-state index is 0.162. The summed E-state index contributed by atoms with van der Waals surface area (Å²) in [4.78, 5) is 14.2. The minimum atomic E-state index is 0.162. The normalized spacial score (nSPS) is 30.5. The Morgan fingerprint density at radius 1 is 1.18 bits per heavy atom. The van der Waals surface area contributed by atoms with Gasteiger partial charge in [-0.15, -0.1) is 0 Å². The highest BCUT2D eigenvalue weighted by molar-refractivity contribution is 5.82. The third-order valence-electron chi connectivity index (χ3n) is 4.03. The molecule has 0 unspecified atom stereocenters. The number of likely N-dealkylation sites (tertiary alicyclic amines) is 1. The fourth-order valence-corrected chi connectivity index (χ4v) is 2.65.